The van der Waals surface area contributed by atoms with E-state index < -0.39 is 17.4 Å². The second-order valence-corrected chi connectivity index (χ2v) is 6.04. The number of carbonyl (C=O) groups is 3. The third-order valence-corrected chi connectivity index (χ3v) is 4.32. The molecule has 1 aliphatic carbocycles. The van der Waals surface area contributed by atoms with Crippen LogP contribution < -0.4 is 5.32 Å². The molecule has 1 atom stereocenters. The van der Waals surface area contributed by atoms with Crippen molar-refractivity contribution in [3.05, 3.63) is 35.9 Å². The van der Waals surface area contributed by atoms with Crippen LogP contribution in [-0.4, -0.2) is 39.9 Å². The van der Waals surface area contributed by atoms with Crippen molar-refractivity contribution in [3.63, 3.8) is 0 Å². The van der Waals surface area contributed by atoms with Gasteiger partial charge in [0.2, 0.25) is 11.8 Å². The molecule has 1 aliphatic heterocycles. The van der Waals surface area contributed by atoms with Crippen molar-refractivity contribution in [2.24, 2.45) is 5.92 Å². The summed E-state index contributed by atoms with van der Waals surface area (Å²) in [4.78, 5) is 37.0. The summed E-state index contributed by atoms with van der Waals surface area (Å²) in [5.74, 6) is -1.85. The summed E-state index contributed by atoms with van der Waals surface area (Å²) in [5, 5.41) is 11.7. The molecule has 2 amide bonds. The zero-order valence-corrected chi connectivity index (χ0v) is 12.1. The van der Waals surface area contributed by atoms with Crippen LogP contribution in [0.1, 0.15) is 24.8 Å². The molecule has 2 N–H and O–H groups in total. The number of carboxylic acids is 1. The van der Waals surface area contributed by atoms with Gasteiger partial charge in [0.15, 0.2) is 0 Å². The van der Waals surface area contributed by atoms with E-state index in [0.717, 1.165) is 5.56 Å². The number of likely N-dealkylation sites (tertiary alicyclic amines) is 1. The molecule has 0 spiro atoms. The average Bonchev–Trinajstić information content (AvgIpc) is 3.19. The van der Waals surface area contributed by atoms with Crippen LogP contribution in [0.4, 0.5) is 0 Å². The van der Waals surface area contributed by atoms with E-state index in [4.69, 9.17) is 5.11 Å². The van der Waals surface area contributed by atoms with Gasteiger partial charge in [-0.2, -0.15) is 0 Å². The monoisotopic (exact) mass is 302 g/mol. The molecule has 1 aromatic rings. The van der Waals surface area contributed by atoms with Crippen molar-refractivity contribution < 1.29 is 19.5 Å². The Kier molecular flexibility index (Phi) is 3.60. The van der Waals surface area contributed by atoms with E-state index in [1.54, 1.807) is 4.90 Å². The van der Waals surface area contributed by atoms with E-state index in [9.17, 15) is 14.4 Å². The summed E-state index contributed by atoms with van der Waals surface area (Å²) in [7, 11) is 0. The second kappa shape index (κ2) is 5.44. The minimum atomic E-state index is -1.09. The minimum absolute atomic E-state index is 0.0656. The molecule has 2 aliphatic rings. The highest BCUT2D eigenvalue weighted by Crippen LogP contribution is 2.36. The number of aliphatic carboxylic acids is 1. The molecule has 0 radical (unpaired) electrons. The number of amides is 2. The molecule has 6 heteroatoms. The van der Waals surface area contributed by atoms with Gasteiger partial charge in [0, 0.05) is 19.5 Å². The van der Waals surface area contributed by atoms with Crippen LogP contribution in [0.25, 0.3) is 0 Å². The van der Waals surface area contributed by atoms with Gasteiger partial charge < -0.3 is 15.3 Å². The van der Waals surface area contributed by atoms with Gasteiger partial charge >= 0.3 is 5.97 Å². The zero-order valence-electron chi connectivity index (χ0n) is 12.1. The normalized spacial score (nSPS) is 22.5. The predicted molar refractivity (Wildman–Crippen MR) is 77.7 cm³/mol. The summed E-state index contributed by atoms with van der Waals surface area (Å²) in [5.41, 5.74) is -0.0754. The average molecular weight is 302 g/mol. The Morgan fingerprint density at radius 3 is 2.55 bits per heavy atom. The lowest BCUT2D eigenvalue weighted by atomic mass is 10.1. The highest BCUT2D eigenvalue weighted by atomic mass is 16.4. The molecule has 1 saturated carbocycles. The van der Waals surface area contributed by atoms with Crippen LogP contribution in [0.2, 0.25) is 0 Å². The van der Waals surface area contributed by atoms with Crippen molar-refractivity contribution in [1.82, 2.24) is 10.2 Å². The second-order valence-electron chi connectivity index (χ2n) is 6.04. The zero-order chi connectivity index (χ0) is 15.7. The first-order valence-electron chi connectivity index (χ1n) is 7.37. The summed E-state index contributed by atoms with van der Waals surface area (Å²) < 4.78 is 0. The van der Waals surface area contributed by atoms with E-state index >= 15 is 0 Å². The number of carbonyl (C=O) groups excluding carboxylic acids is 2. The Hall–Kier alpha value is -2.37. The number of nitrogens with zero attached hydrogens (tertiary/aromatic N) is 1. The van der Waals surface area contributed by atoms with Crippen molar-refractivity contribution in [3.8, 4) is 0 Å². The van der Waals surface area contributed by atoms with Gasteiger partial charge in [-0.15, -0.1) is 0 Å². The Morgan fingerprint density at radius 1 is 1.27 bits per heavy atom. The summed E-state index contributed by atoms with van der Waals surface area (Å²) in [6.45, 7) is 0.822. The molecular formula is C16H18N2O4. The van der Waals surface area contributed by atoms with E-state index in [1.807, 2.05) is 30.3 Å². The molecule has 6 nitrogen and oxygen atoms in total. The standard InChI is InChI=1S/C16H18N2O4/c19-13-8-12(14(20)17-16(6-7-16)15(21)22)10-18(13)9-11-4-2-1-3-5-11/h1-5,12H,6-10H2,(H,17,20)(H,21,22)/t12-/m1/s1. The topological polar surface area (TPSA) is 86.7 Å². The molecule has 0 aromatic heterocycles. The first-order valence-corrected chi connectivity index (χ1v) is 7.37. The molecule has 1 aromatic carbocycles. The summed E-state index contributed by atoms with van der Waals surface area (Å²) >= 11 is 0. The number of benzene rings is 1. The van der Waals surface area contributed by atoms with Gasteiger partial charge in [0.25, 0.3) is 0 Å². The largest absolute Gasteiger partial charge is 0.480 e. The molecule has 0 bridgehead atoms. The van der Waals surface area contributed by atoms with Gasteiger partial charge in [-0.05, 0) is 18.4 Å². The van der Waals surface area contributed by atoms with Gasteiger partial charge in [0.1, 0.15) is 5.54 Å². The van der Waals surface area contributed by atoms with Crippen molar-refractivity contribution in [2.75, 3.05) is 6.54 Å². The number of carboxylic acid groups (broad SMARTS) is 1. The van der Waals surface area contributed by atoms with Crippen LogP contribution in [0.3, 0.4) is 0 Å². The van der Waals surface area contributed by atoms with Gasteiger partial charge in [-0.1, -0.05) is 30.3 Å². The lowest BCUT2D eigenvalue weighted by Gasteiger charge is -2.18. The summed E-state index contributed by atoms with van der Waals surface area (Å²) in [6, 6.07) is 9.59. The van der Waals surface area contributed by atoms with Crippen molar-refractivity contribution in [1.29, 1.82) is 0 Å². The Morgan fingerprint density at radius 2 is 1.95 bits per heavy atom. The Labute approximate surface area is 128 Å². The smallest absolute Gasteiger partial charge is 0.329 e. The third kappa shape index (κ3) is 2.81. The van der Waals surface area contributed by atoms with Crippen LogP contribution >= 0.6 is 0 Å². The van der Waals surface area contributed by atoms with Crippen LogP contribution in [0.15, 0.2) is 30.3 Å². The van der Waals surface area contributed by atoms with E-state index in [1.165, 1.54) is 0 Å². The number of nitrogens with one attached hydrogen (secondary N) is 1. The Bertz CT molecular complexity index is 610. The molecule has 0 unspecified atom stereocenters. The number of hydrogen-bond acceptors (Lipinski definition) is 3. The minimum Gasteiger partial charge on any atom is -0.480 e. The van der Waals surface area contributed by atoms with Gasteiger partial charge in [-0.25, -0.2) is 4.79 Å². The Balaban J connectivity index is 1.60. The third-order valence-electron chi connectivity index (χ3n) is 4.32. The maximum absolute atomic E-state index is 12.2. The SMILES string of the molecule is O=C(NC1(C(=O)O)CC1)[C@@H]1CC(=O)N(Cc2ccccc2)C1. The maximum Gasteiger partial charge on any atom is 0.329 e. The molecule has 3 rings (SSSR count). The molecule has 1 heterocycles. The number of rotatable bonds is 5. The molecular weight excluding hydrogens is 284 g/mol. The fourth-order valence-electron chi connectivity index (χ4n) is 2.76. The van der Waals surface area contributed by atoms with E-state index in [2.05, 4.69) is 5.32 Å². The highest BCUT2D eigenvalue weighted by molar-refractivity contribution is 5.94. The van der Waals surface area contributed by atoms with Crippen LogP contribution in [-0.2, 0) is 20.9 Å². The van der Waals surface area contributed by atoms with Crippen LogP contribution in [0.5, 0.6) is 0 Å². The molecule has 2 fully saturated rings. The molecule has 116 valence electrons. The van der Waals surface area contributed by atoms with Gasteiger partial charge in [-0.3, -0.25) is 9.59 Å². The fraction of sp³-hybridized carbons (Fsp3) is 0.438. The fourth-order valence-corrected chi connectivity index (χ4v) is 2.76. The summed E-state index contributed by atoms with van der Waals surface area (Å²) in [6.07, 6.45) is 1.07. The van der Waals surface area contributed by atoms with Crippen molar-refractivity contribution in [2.45, 2.75) is 31.3 Å². The first-order chi connectivity index (χ1) is 10.5. The van der Waals surface area contributed by atoms with E-state index in [-0.39, 0.29) is 18.2 Å². The quantitative estimate of drug-likeness (QED) is 0.841. The maximum atomic E-state index is 12.2. The van der Waals surface area contributed by atoms with E-state index in [0.29, 0.717) is 25.9 Å². The van der Waals surface area contributed by atoms with Crippen LogP contribution in [0, 0.1) is 5.92 Å². The highest BCUT2D eigenvalue weighted by Gasteiger charge is 2.52. The molecule has 22 heavy (non-hydrogen) atoms. The predicted octanol–water partition coefficient (Wildman–Crippen LogP) is 0.768. The lowest BCUT2D eigenvalue weighted by Crippen LogP contribution is -2.46. The number of hydrogen-bond donors (Lipinski definition) is 2. The lowest BCUT2D eigenvalue weighted by molar-refractivity contribution is -0.143. The van der Waals surface area contributed by atoms with Crippen molar-refractivity contribution >= 4 is 17.8 Å². The first kappa shape index (κ1) is 14.6. The van der Waals surface area contributed by atoms with Gasteiger partial charge in [0.05, 0.1) is 5.92 Å². The molecule has 1 saturated heterocycles.